The molecule has 0 saturated heterocycles. The minimum atomic E-state index is -0.163. The molecule has 0 radical (unpaired) electrons. The van der Waals surface area contributed by atoms with E-state index in [1.165, 1.54) is 33.6 Å². The third-order valence-electron chi connectivity index (χ3n) is 5.55. The summed E-state index contributed by atoms with van der Waals surface area (Å²) in [6, 6.07) is 0. The number of rotatable bonds is 0. The van der Waals surface area contributed by atoms with Crippen LogP contribution in [0.1, 0.15) is 36.1 Å². The Morgan fingerprint density at radius 1 is 0.667 bits per heavy atom. The fourth-order valence-electron chi connectivity index (χ4n) is 3.37. The van der Waals surface area contributed by atoms with Crippen molar-refractivity contribution in [2.75, 3.05) is 23.9 Å². The highest BCUT2D eigenvalue weighted by Crippen LogP contribution is 2.50. The predicted octanol–water partition coefficient (Wildman–Crippen LogP) is 4.86. The summed E-state index contributed by atoms with van der Waals surface area (Å²) in [5.74, 6) is 0. The quantitative estimate of drug-likeness (QED) is 0.671. The summed E-state index contributed by atoms with van der Waals surface area (Å²) < 4.78 is 0. The average molecular weight is 284 g/mol. The van der Waals surface area contributed by atoms with Crippen LogP contribution in [0.4, 0.5) is 11.4 Å². The van der Waals surface area contributed by atoms with Crippen molar-refractivity contribution in [3.8, 4) is 0 Å². The van der Waals surface area contributed by atoms with E-state index in [1.54, 1.807) is 0 Å². The molecule has 0 aromatic heterocycles. The second-order valence-corrected chi connectivity index (χ2v) is 6.83. The molecule has 0 amide bonds. The Bertz CT molecular complexity index is 595. The molecule has 0 aliphatic carbocycles. The zero-order valence-electron chi connectivity index (χ0n) is 14.8. The number of fused-ring (bicyclic) bond motifs is 1. The van der Waals surface area contributed by atoms with E-state index < -0.39 is 0 Å². The Hall–Kier alpha value is -1.70. The summed E-state index contributed by atoms with van der Waals surface area (Å²) >= 11 is 0. The molecule has 1 aromatic rings. The molecule has 1 aliphatic rings. The summed E-state index contributed by atoms with van der Waals surface area (Å²) in [6.07, 6.45) is 0. The lowest BCUT2D eigenvalue weighted by Crippen LogP contribution is -2.31. The Morgan fingerprint density at radius 2 is 0.952 bits per heavy atom. The summed E-state index contributed by atoms with van der Waals surface area (Å²) in [7, 11) is 4.24. The van der Waals surface area contributed by atoms with Crippen LogP contribution in [0.2, 0.25) is 0 Å². The van der Waals surface area contributed by atoms with Crippen molar-refractivity contribution in [2.24, 2.45) is 5.41 Å². The second kappa shape index (κ2) is 4.66. The zero-order chi connectivity index (χ0) is 16.3. The highest BCUT2D eigenvalue weighted by atomic mass is 15.2. The van der Waals surface area contributed by atoms with Gasteiger partial charge in [-0.1, -0.05) is 13.2 Å². The van der Waals surface area contributed by atoms with E-state index in [9.17, 15) is 0 Å². The van der Waals surface area contributed by atoms with Gasteiger partial charge in [0.05, 0.1) is 11.4 Å². The monoisotopic (exact) mass is 284 g/mol. The fraction of sp³-hybridized carbons (Fsp3) is 0.474. The number of anilines is 2. The van der Waals surface area contributed by atoms with Gasteiger partial charge in [-0.05, 0) is 63.8 Å². The summed E-state index contributed by atoms with van der Waals surface area (Å²) in [6.45, 7) is 21.9. The highest BCUT2D eigenvalue weighted by Gasteiger charge is 2.37. The molecule has 2 nitrogen and oxygen atoms in total. The van der Waals surface area contributed by atoms with Crippen LogP contribution < -0.4 is 9.80 Å². The molecule has 2 heteroatoms. The Morgan fingerprint density at radius 3 is 1.24 bits per heavy atom. The number of hydrogen-bond donors (Lipinski definition) is 0. The van der Waals surface area contributed by atoms with Gasteiger partial charge in [-0.25, -0.2) is 0 Å². The molecule has 1 aromatic carbocycles. The molecular formula is C19H28N2. The largest absolute Gasteiger partial charge is 0.346 e. The van der Waals surface area contributed by atoms with Crippen molar-refractivity contribution in [3.05, 3.63) is 46.8 Å². The number of nitrogens with zero attached hydrogens (tertiary/aromatic N) is 2. The first-order valence-electron chi connectivity index (χ1n) is 7.50. The van der Waals surface area contributed by atoms with Crippen LogP contribution in [0.25, 0.3) is 0 Å². The lowest BCUT2D eigenvalue weighted by Gasteiger charge is -2.34. The average Bonchev–Trinajstić information content (AvgIpc) is 2.48. The van der Waals surface area contributed by atoms with Gasteiger partial charge >= 0.3 is 0 Å². The van der Waals surface area contributed by atoms with Crippen molar-refractivity contribution >= 4 is 11.4 Å². The van der Waals surface area contributed by atoms with Crippen LogP contribution in [-0.4, -0.2) is 14.1 Å². The molecule has 0 unspecified atom stereocenters. The number of benzene rings is 1. The Labute approximate surface area is 129 Å². The molecule has 21 heavy (non-hydrogen) atoms. The predicted molar refractivity (Wildman–Crippen MR) is 94.3 cm³/mol. The van der Waals surface area contributed by atoms with Gasteiger partial charge in [-0.3, -0.25) is 0 Å². The van der Waals surface area contributed by atoms with Gasteiger partial charge in [-0.15, -0.1) is 0 Å². The highest BCUT2D eigenvalue weighted by molar-refractivity contribution is 5.85. The molecule has 1 heterocycles. The maximum atomic E-state index is 4.35. The van der Waals surface area contributed by atoms with E-state index in [-0.39, 0.29) is 5.41 Å². The van der Waals surface area contributed by atoms with E-state index in [1.807, 2.05) is 0 Å². The van der Waals surface area contributed by atoms with E-state index in [0.717, 1.165) is 11.4 Å². The van der Waals surface area contributed by atoms with Crippen molar-refractivity contribution in [1.29, 1.82) is 0 Å². The minimum absolute atomic E-state index is 0.163. The summed E-state index contributed by atoms with van der Waals surface area (Å²) in [5, 5.41) is 0. The van der Waals surface area contributed by atoms with Crippen LogP contribution in [0.5, 0.6) is 0 Å². The lowest BCUT2D eigenvalue weighted by atomic mass is 9.85. The maximum absolute atomic E-state index is 4.35. The van der Waals surface area contributed by atoms with Crippen LogP contribution in [0.15, 0.2) is 24.6 Å². The molecule has 2 rings (SSSR count). The third-order valence-corrected chi connectivity index (χ3v) is 5.55. The molecule has 0 fully saturated rings. The van der Waals surface area contributed by atoms with Gasteiger partial charge in [0.1, 0.15) is 0 Å². The first kappa shape index (κ1) is 15.7. The topological polar surface area (TPSA) is 6.48 Å². The van der Waals surface area contributed by atoms with E-state index in [4.69, 9.17) is 0 Å². The van der Waals surface area contributed by atoms with Gasteiger partial charge in [0.25, 0.3) is 0 Å². The van der Waals surface area contributed by atoms with E-state index in [2.05, 4.69) is 78.6 Å². The van der Waals surface area contributed by atoms with Crippen molar-refractivity contribution < 1.29 is 0 Å². The van der Waals surface area contributed by atoms with Crippen LogP contribution in [-0.2, 0) is 0 Å². The fourth-order valence-corrected chi connectivity index (χ4v) is 3.37. The standard InChI is InChI=1S/C19H28N2/c1-11-12(2)14(4)18-17(13(11)3)20(9)15(5)19(7,8)16(6)21(18)10/h5-6H2,1-4,7-10H3. The maximum Gasteiger partial charge on any atom is 0.0682 e. The molecule has 0 saturated carbocycles. The van der Waals surface area contributed by atoms with Crippen LogP contribution in [0, 0.1) is 33.1 Å². The van der Waals surface area contributed by atoms with Crippen molar-refractivity contribution in [1.82, 2.24) is 0 Å². The zero-order valence-corrected chi connectivity index (χ0v) is 14.8. The molecule has 0 atom stereocenters. The smallest absolute Gasteiger partial charge is 0.0682 e. The van der Waals surface area contributed by atoms with E-state index in [0.29, 0.717) is 0 Å². The SMILES string of the molecule is C=C1N(C)c2c(C)c(C)c(C)c(C)c2N(C)C(=C)C1(C)C. The second-order valence-electron chi connectivity index (χ2n) is 6.83. The molecule has 0 N–H and O–H groups in total. The first-order valence-corrected chi connectivity index (χ1v) is 7.50. The molecule has 114 valence electrons. The Kier molecular flexibility index (Phi) is 3.48. The van der Waals surface area contributed by atoms with Crippen LogP contribution in [0.3, 0.4) is 0 Å². The van der Waals surface area contributed by atoms with Crippen LogP contribution >= 0.6 is 0 Å². The first-order chi connectivity index (χ1) is 9.53. The molecular weight excluding hydrogens is 256 g/mol. The van der Waals surface area contributed by atoms with Gasteiger partial charge in [-0.2, -0.15) is 0 Å². The van der Waals surface area contributed by atoms with Crippen molar-refractivity contribution in [2.45, 2.75) is 41.5 Å². The lowest BCUT2D eigenvalue weighted by molar-refractivity contribution is 0.520. The Balaban J connectivity index is 2.93. The van der Waals surface area contributed by atoms with E-state index >= 15 is 0 Å². The van der Waals surface area contributed by atoms with Gasteiger partial charge in [0, 0.05) is 30.9 Å². The number of hydrogen-bond acceptors (Lipinski definition) is 2. The van der Waals surface area contributed by atoms with Gasteiger partial charge < -0.3 is 9.80 Å². The normalized spacial score (nSPS) is 17.9. The molecule has 1 aliphatic heterocycles. The molecule has 0 spiro atoms. The molecule has 0 bridgehead atoms. The summed E-state index contributed by atoms with van der Waals surface area (Å²) in [5.41, 5.74) is 9.92. The third kappa shape index (κ3) is 1.92. The van der Waals surface area contributed by atoms with Gasteiger partial charge in [0.2, 0.25) is 0 Å². The van der Waals surface area contributed by atoms with Gasteiger partial charge in [0.15, 0.2) is 0 Å². The summed E-state index contributed by atoms with van der Waals surface area (Å²) in [4.78, 5) is 4.50. The minimum Gasteiger partial charge on any atom is -0.346 e. The van der Waals surface area contributed by atoms with Crippen molar-refractivity contribution in [3.63, 3.8) is 0 Å².